The molecule has 0 radical (unpaired) electrons. The summed E-state index contributed by atoms with van der Waals surface area (Å²) < 4.78 is 50.6. The lowest BCUT2D eigenvalue weighted by atomic mass is 10.1. The zero-order valence-electron chi connectivity index (χ0n) is 22.8. The minimum Gasteiger partial charge on any atom is -0.495 e. The second kappa shape index (κ2) is 12.5. The average Bonchev–Trinajstić information content (AvgIpc) is 3.45. The molecule has 1 amide bonds. The molecule has 9 heteroatoms. The van der Waals surface area contributed by atoms with Gasteiger partial charge in [0.2, 0.25) is 0 Å². The maximum Gasteiger partial charge on any atom is 0.416 e. The molecule has 0 unspecified atom stereocenters. The quantitative estimate of drug-likeness (QED) is 0.234. The van der Waals surface area contributed by atoms with E-state index in [4.69, 9.17) is 9.15 Å². The molecule has 3 aromatic carbocycles. The van der Waals surface area contributed by atoms with E-state index in [1.54, 1.807) is 24.1 Å². The Labute approximate surface area is 237 Å². The second-order valence-electron chi connectivity index (χ2n) is 10.0. The molecular formula is C32H32F3N3O3. The second-order valence-corrected chi connectivity index (χ2v) is 10.0. The van der Waals surface area contributed by atoms with Gasteiger partial charge in [0.05, 0.1) is 24.9 Å². The number of piperazine rings is 1. The highest BCUT2D eigenvalue weighted by molar-refractivity contribution is 5.91. The van der Waals surface area contributed by atoms with Gasteiger partial charge in [0.25, 0.3) is 5.91 Å². The van der Waals surface area contributed by atoms with Crippen LogP contribution in [0.5, 0.6) is 5.75 Å². The highest BCUT2D eigenvalue weighted by Gasteiger charge is 2.30. The minimum absolute atomic E-state index is 0.159. The summed E-state index contributed by atoms with van der Waals surface area (Å²) in [6.07, 6.45) is -4.37. The van der Waals surface area contributed by atoms with Crippen molar-refractivity contribution >= 4 is 11.6 Å². The number of carbonyl (C=O) groups excluding carboxylic acids is 1. The van der Waals surface area contributed by atoms with Crippen molar-refractivity contribution in [2.75, 3.05) is 38.2 Å². The molecule has 0 atom stereocenters. The average molecular weight is 564 g/mol. The maximum atomic E-state index is 13.2. The Hall–Kier alpha value is -4.24. The largest absolute Gasteiger partial charge is 0.495 e. The molecule has 0 bridgehead atoms. The van der Waals surface area contributed by atoms with Crippen molar-refractivity contribution in [3.63, 3.8) is 0 Å². The fourth-order valence-electron chi connectivity index (χ4n) is 5.06. The lowest BCUT2D eigenvalue weighted by Gasteiger charge is -2.36. The molecule has 5 rings (SSSR count). The number of benzene rings is 3. The first-order chi connectivity index (χ1) is 19.8. The van der Waals surface area contributed by atoms with E-state index in [9.17, 15) is 18.0 Å². The molecule has 1 aromatic heterocycles. The van der Waals surface area contributed by atoms with E-state index in [0.717, 1.165) is 34.7 Å². The van der Waals surface area contributed by atoms with Crippen molar-refractivity contribution in [3.05, 3.63) is 119 Å². The van der Waals surface area contributed by atoms with Crippen LogP contribution < -0.4 is 9.64 Å². The fourth-order valence-corrected chi connectivity index (χ4v) is 5.06. The van der Waals surface area contributed by atoms with Crippen LogP contribution in [-0.4, -0.2) is 49.0 Å². The number of hydrogen-bond acceptors (Lipinski definition) is 5. The Bertz CT molecular complexity index is 1430. The van der Waals surface area contributed by atoms with Gasteiger partial charge in [0.1, 0.15) is 11.5 Å². The number of nitrogens with zero attached hydrogens (tertiary/aromatic N) is 3. The van der Waals surface area contributed by atoms with Crippen molar-refractivity contribution in [2.24, 2.45) is 0 Å². The van der Waals surface area contributed by atoms with Crippen molar-refractivity contribution < 1.29 is 27.1 Å². The van der Waals surface area contributed by atoms with Crippen LogP contribution >= 0.6 is 0 Å². The number of methoxy groups -OCH3 is 1. The SMILES string of the molecule is COc1ccccc1N1CCN(C(=O)c2ccc(CN(Cc3ccccc3)Cc3ccc(C(F)(F)F)cc3)o2)CC1. The number of furan rings is 1. The van der Waals surface area contributed by atoms with Gasteiger partial charge >= 0.3 is 6.18 Å². The Balaban J connectivity index is 1.24. The number of rotatable bonds is 9. The summed E-state index contributed by atoms with van der Waals surface area (Å²) in [6, 6.07) is 26.4. The lowest BCUT2D eigenvalue weighted by Crippen LogP contribution is -2.48. The predicted molar refractivity (Wildman–Crippen MR) is 151 cm³/mol. The smallest absolute Gasteiger partial charge is 0.416 e. The van der Waals surface area contributed by atoms with E-state index in [-0.39, 0.29) is 11.7 Å². The Morgan fingerprint density at radius 1 is 0.805 bits per heavy atom. The Morgan fingerprint density at radius 2 is 1.44 bits per heavy atom. The van der Waals surface area contributed by atoms with Crippen LogP contribution in [0, 0.1) is 0 Å². The number of para-hydroxylation sites is 2. The van der Waals surface area contributed by atoms with Gasteiger partial charge in [-0.1, -0.05) is 54.6 Å². The highest BCUT2D eigenvalue weighted by atomic mass is 19.4. The number of alkyl halides is 3. The monoisotopic (exact) mass is 563 g/mol. The third-order valence-corrected chi connectivity index (χ3v) is 7.18. The lowest BCUT2D eigenvalue weighted by molar-refractivity contribution is -0.137. The summed E-state index contributed by atoms with van der Waals surface area (Å²) in [5.74, 6) is 1.54. The number of amides is 1. The molecule has 4 aromatic rings. The van der Waals surface area contributed by atoms with Crippen molar-refractivity contribution in [1.29, 1.82) is 0 Å². The predicted octanol–water partition coefficient (Wildman–Crippen LogP) is 6.47. The standard InChI is InChI=1S/C32H32F3N3O3/c1-40-29-10-6-5-9-28(29)37-17-19-38(20-18-37)31(39)30-16-15-27(41-30)23-36(21-24-7-3-2-4-8-24)22-25-11-13-26(14-12-25)32(33,34)35/h2-16H,17-23H2,1H3. The molecule has 41 heavy (non-hydrogen) atoms. The first-order valence-electron chi connectivity index (χ1n) is 13.5. The van der Waals surface area contributed by atoms with Gasteiger partial charge in [0.15, 0.2) is 5.76 Å². The third kappa shape index (κ3) is 7.10. The molecule has 1 saturated heterocycles. The summed E-state index contributed by atoms with van der Waals surface area (Å²) in [4.78, 5) is 19.3. The number of hydrogen-bond donors (Lipinski definition) is 0. The zero-order valence-corrected chi connectivity index (χ0v) is 22.8. The normalized spacial score (nSPS) is 14.0. The van der Waals surface area contributed by atoms with Crippen molar-refractivity contribution in [3.8, 4) is 5.75 Å². The van der Waals surface area contributed by atoms with Crippen LogP contribution in [0.15, 0.2) is 95.4 Å². The summed E-state index contributed by atoms with van der Waals surface area (Å²) in [5, 5.41) is 0. The van der Waals surface area contributed by atoms with Crippen LogP contribution in [0.3, 0.4) is 0 Å². The first kappa shape index (κ1) is 28.3. The molecule has 1 aliphatic rings. The number of ether oxygens (including phenoxy) is 1. The van der Waals surface area contributed by atoms with Crippen molar-refractivity contribution in [1.82, 2.24) is 9.80 Å². The molecule has 2 heterocycles. The maximum absolute atomic E-state index is 13.2. The van der Waals surface area contributed by atoms with E-state index in [2.05, 4.69) is 9.80 Å². The van der Waals surface area contributed by atoms with E-state index < -0.39 is 11.7 Å². The molecular weight excluding hydrogens is 531 g/mol. The van der Waals surface area contributed by atoms with Gasteiger partial charge in [-0.15, -0.1) is 0 Å². The Morgan fingerprint density at radius 3 is 2.10 bits per heavy atom. The van der Waals surface area contributed by atoms with Gasteiger partial charge in [-0.05, 0) is 47.5 Å². The van der Waals surface area contributed by atoms with Gasteiger partial charge in [-0.3, -0.25) is 9.69 Å². The number of anilines is 1. The van der Waals surface area contributed by atoms with Crippen LogP contribution in [0.25, 0.3) is 0 Å². The molecule has 0 spiro atoms. The molecule has 0 saturated carbocycles. The Kier molecular flexibility index (Phi) is 8.64. The van der Waals surface area contributed by atoms with E-state index in [0.29, 0.717) is 51.6 Å². The number of halogens is 3. The number of carbonyl (C=O) groups is 1. The summed E-state index contributed by atoms with van der Waals surface area (Å²) in [5.41, 5.74) is 2.16. The molecule has 1 aliphatic heterocycles. The van der Waals surface area contributed by atoms with Gasteiger partial charge in [-0.25, -0.2) is 0 Å². The zero-order chi connectivity index (χ0) is 28.8. The van der Waals surface area contributed by atoms with Gasteiger partial charge in [-0.2, -0.15) is 13.2 Å². The molecule has 6 nitrogen and oxygen atoms in total. The molecule has 0 N–H and O–H groups in total. The van der Waals surface area contributed by atoms with Gasteiger partial charge in [0, 0.05) is 39.3 Å². The van der Waals surface area contributed by atoms with Crippen LogP contribution in [0.1, 0.15) is 33.0 Å². The first-order valence-corrected chi connectivity index (χ1v) is 13.5. The van der Waals surface area contributed by atoms with E-state index in [1.165, 1.54) is 12.1 Å². The van der Waals surface area contributed by atoms with Gasteiger partial charge < -0.3 is 19.0 Å². The van der Waals surface area contributed by atoms with Crippen molar-refractivity contribution in [2.45, 2.75) is 25.8 Å². The molecule has 0 aliphatic carbocycles. The topological polar surface area (TPSA) is 49.2 Å². The third-order valence-electron chi connectivity index (χ3n) is 7.18. The summed E-state index contributed by atoms with van der Waals surface area (Å²) in [7, 11) is 1.65. The molecule has 1 fully saturated rings. The van der Waals surface area contributed by atoms with E-state index >= 15 is 0 Å². The molecule has 214 valence electrons. The minimum atomic E-state index is -4.37. The van der Waals surface area contributed by atoms with Crippen LogP contribution in [0.4, 0.5) is 18.9 Å². The van der Waals surface area contributed by atoms with Crippen LogP contribution in [0.2, 0.25) is 0 Å². The van der Waals surface area contributed by atoms with E-state index in [1.807, 2.05) is 54.6 Å². The summed E-state index contributed by atoms with van der Waals surface area (Å²) >= 11 is 0. The van der Waals surface area contributed by atoms with Crippen LogP contribution in [-0.2, 0) is 25.8 Å². The fraction of sp³-hybridized carbons (Fsp3) is 0.281. The summed E-state index contributed by atoms with van der Waals surface area (Å²) in [6.45, 7) is 3.85. The highest BCUT2D eigenvalue weighted by Crippen LogP contribution is 2.30.